The van der Waals surface area contributed by atoms with Crippen molar-refractivity contribution in [3.63, 3.8) is 0 Å². The number of nitrogens with one attached hydrogen (secondary N) is 5. The molecule has 0 spiro atoms. The van der Waals surface area contributed by atoms with E-state index >= 15 is 0 Å². The standard InChI is InChI=1S/C12H10ClN5O.C12H11N5O2/c1-18-11(19)8-9(14-7-5-3-2-4-6-7)16-17-10(8)15-12(18)13;1-17-11(18)8-9(13-7-5-3-2-4-6-7)15-16-10(8)14-12(17)19/h2-6H,1H3,(H2,14,16,17);2-6H,1H3,(H3,13,14,15,16,19). The predicted molar refractivity (Wildman–Crippen MR) is 146 cm³/mol. The number of fused-ring (bicyclic) bond motifs is 2. The Morgan fingerprint density at radius 2 is 1.26 bits per heavy atom. The molecule has 0 amide bonds. The first kappa shape index (κ1) is 24.5. The van der Waals surface area contributed by atoms with E-state index in [0.717, 1.165) is 15.9 Å². The third-order valence-electron chi connectivity index (χ3n) is 5.64. The summed E-state index contributed by atoms with van der Waals surface area (Å²) in [5.74, 6) is 0.962. The number of aromatic amines is 3. The molecule has 13 nitrogen and oxygen atoms in total. The maximum absolute atomic E-state index is 12.2. The molecule has 0 saturated carbocycles. The van der Waals surface area contributed by atoms with E-state index in [1.165, 1.54) is 11.6 Å². The molecule has 6 rings (SSSR count). The monoisotopic (exact) mass is 532 g/mol. The number of para-hydroxylation sites is 2. The van der Waals surface area contributed by atoms with E-state index in [9.17, 15) is 14.4 Å². The van der Waals surface area contributed by atoms with Crippen LogP contribution in [0.1, 0.15) is 0 Å². The molecule has 2 aromatic carbocycles. The molecular formula is C24H21ClN10O3. The van der Waals surface area contributed by atoms with Gasteiger partial charge in [-0.15, -0.1) is 0 Å². The second-order valence-electron chi connectivity index (χ2n) is 8.14. The van der Waals surface area contributed by atoms with Gasteiger partial charge in [-0.3, -0.25) is 33.9 Å². The molecule has 38 heavy (non-hydrogen) atoms. The molecule has 0 bridgehead atoms. The van der Waals surface area contributed by atoms with Crippen LogP contribution in [-0.2, 0) is 14.1 Å². The summed E-state index contributed by atoms with van der Waals surface area (Å²) in [6.07, 6.45) is 0. The van der Waals surface area contributed by atoms with Gasteiger partial charge in [0.15, 0.2) is 11.3 Å². The number of benzene rings is 2. The Morgan fingerprint density at radius 1 is 0.737 bits per heavy atom. The fraction of sp³-hybridized carbons (Fsp3) is 0.0833. The van der Waals surface area contributed by atoms with Crippen LogP contribution < -0.4 is 27.4 Å². The lowest BCUT2D eigenvalue weighted by molar-refractivity contribution is 0.792. The van der Waals surface area contributed by atoms with Crippen molar-refractivity contribution in [2.45, 2.75) is 0 Å². The first-order chi connectivity index (χ1) is 18.3. The van der Waals surface area contributed by atoms with E-state index in [2.05, 4.69) is 41.0 Å². The van der Waals surface area contributed by atoms with Crippen molar-refractivity contribution in [3.8, 4) is 0 Å². The first-order valence-electron chi connectivity index (χ1n) is 11.3. The average molecular weight is 533 g/mol. The van der Waals surface area contributed by atoms with Crippen molar-refractivity contribution in [1.29, 1.82) is 0 Å². The normalized spacial score (nSPS) is 10.8. The molecule has 0 fully saturated rings. The number of rotatable bonds is 4. The van der Waals surface area contributed by atoms with Crippen molar-refractivity contribution in [2.24, 2.45) is 14.1 Å². The van der Waals surface area contributed by atoms with Crippen molar-refractivity contribution in [3.05, 3.63) is 97.1 Å². The van der Waals surface area contributed by atoms with Crippen LogP contribution in [-0.4, -0.2) is 39.5 Å². The van der Waals surface area contributed by atoms with Gasteiger partial charge in [-0.2, -0.15) is 15.2 Å². The largest absolute Gasteiger partial charge is 0.340 e. The third-order valence-corrected chi connectivity index (χ3v) is 5.98. The zero-order valence-corrected chi connectivity index (χ0v) is 20.9. The first-order valence-corrected chi connectivity index (χ1v) is 11.6. The average Bonchev–Trinajstić information content (AvgIpc) is 3.51. The van der Waals surface area contributed by atoms with E-state index in [-0.39, 0.29) is 16.5 Å². The topological polar surface area (TPSA) is 171 Å². The van der Waals surface area contributed by atoms with Gasteiger partial charge in [0.2, 0.25) is 5.28 Å². The van der Waals surface area contributed by atoms with E-state index in [1.807, 2.05) is 60.7 Å². The molecule has 0 aliphatic heterocycles. The van der Waals surface area contributed by atoms with Gasteiger partial charge in [0.25, 0.3) is 11.1 Å². The van der Waals surface area contributed by atoms with Crippen LogP contribution in [0.2, 0.25) is 5.28 Å². The zero-order valence-electron chi connectivity index (χ0n) is 20.1. The highest BCUT2D eigenvalue weighted by Crippen LogP contribution is 2.21. The van der Waals surface area contributed by atoms with Gasteiger partial charge in [-0.05, 0) is 35.9 Å². The Morgan fingerprint density at radius 3 is 1.87 bits per heavy atom. The minimum Gasteiger partial charge on any atom is -0.340 e. The van der Waals surface area contributed by atoms with Crippen molar-refractivity contribution < 1.29 is 0 Å². The molecule has 192 valence electrons. The smallest absolute Gasteiger partial charge is 0.329 e. The number of nitrogens with zero attached hydrogens (tertiary/aromatic N) is 5. The van der Waals surface area contributed by atoms with Crippen LogP contribution >= 0.6 is 11.6 Å². The maximum Gasteiger partial charge on any atom is 0.329 e. The molecule has 0 aliphatic rings. The van der Waals surface area contributed by atoms with Crippen LogP contribution in [0.25, 0.3) is 22.1 Å². The number of hydrogen-bond acceptors (Lipinski definition) is 8. The fourth-order valence-electron chi connectivity index (χ4n) is 3.63. The zero-order chi connectivity index (χ0) is 26.8. The molecule has 14 heteroatoms. The molecule has 0 saturated heterocycles. The van der Waals surface area contributed by atoms with Gasteiger partial charge < -0.3 is 10.6 Å². The number of anilines is 4. The Kier molecular flexibility index (Phi) is 6.49. The van der Waals surface area contributed by atoms with Crippen molar-refractivity contribution in [2.75, 3.05) is 10.6 Å². The van der Waals surface area contributed by atoms with Crippen molar-refractivity contribution >= 4 is 56.7 Å². The summed E-state index contributed by atoms with van der Waals surface area (Å²) in [5.41, 5.74) is 1.08. The molecule has 0 radical (unpaired) electrons. The molecule has 0 aliphatic carbocycles. The maximum atomic E-state index is 12.2. The van der Waals surface area contributed by atoms with Gasteiger partial charge in [-0.1, -0.05) is 36.4 Å². The number of halogens is 1. The minimum absolute atomic E-state index is 0.107. The number of hydrogen-bond donors (Lipinski definition) is 5. The molecule has 4 aromatic heterocycles. The number of aromatic nitrogens is 8. The van der Waals surface area contributed by atoms with Crippen molar-refractivity contribution in [1.82, 2.24) is 39.5 Å². The van der Waals surface area contributed by atoms with E-state index < -0.39 is 11.2 Å². The molecular weight excluding hydrogens is 512 g/mol. The summed E-state index contributed by atoms with van der Waals surface area (Å²) in [4.78, 5) is 42.3. The van der Waals surface area contributed by atoms with Gasteiger partial charge in [-0.25, -0.2) is 4.79 Å². The molecule has 4 heterocycles. The quantitative estimate of drug-likeness (QED) is 0.216. The van der Waals surface area contributed by atoms with Gasteiger partial charge >= 0.3 is 5.69 Å². The lowest BCUT2D eigenvalue weighted by Gasteiger charge is -2.04. The highest BCUT2D eigenvalue weighted by atomic mass is 35.5. The molecule has 6 aromatic rings. The lowest BCUT2D eigenvalue weighted by Crippen LogP contribution is -2.32. The van der Waals surface area contributed by atoms with Crippen LogP contribution in [0.5, 0.6) is 0 Å². The van der Waals surface area contributed by atoms with E-state index in [4.69, 9.17) is 11.6 Å². The second-order valence-corrected chi connectivity index (χ2v) is 8.48. The van der Waals surface area contributed by atoms with E-state index in [1.54, 1.807) is 7.05 Å². The minimum atomic E-state index is -0.490. The Labute approximate surface area is 218 Å². The van der Waals surface area contributed by atoms with Crippen LogP contribution in [0.4, 0.5) is 23.0 Å². The van der Waals surface area contributed by atoms with Gasteiger partial charge in [0, 0.05) is 25.5 Å². The summed E-state index contributed by atoms with van der Waals surface area (Å²) in [5, 5.41) is 20.4. The van der Waals surface area contributed by atoms with Crippen LogP contribution in [0.3, 0.4) is 0 Å². The Bertz CT molecular complexity index is 1920. The lowest BCUT2D eigenvalue weighted by atomic mass is 10.3. The summed E-state index contributed by atoms with van der Waals surface area (Å²) < 4.78 is 2.28. The summed E-state index contributed by atoms with van der Waals surface area (Å²) >= 11 is 5.84. The summed E-state index contributed by atoms with van der Waals surface area (Å²) in [6, 6.07) is 18.9. The molecule has 0 unspecified atom stereocenters. The Hall–Kier alpha value is -5.17. The van der Waals surface area contributed by atoms with Gasteiger partial charge in [0.05, 0.1) is 0 Å². The SMILES string of the molecule is Cn1c(=O)[nH]c2n[nH]c(Nc3ccccc3)c2c1=O.Cn1c(Cl)nc2n[nH]c(Nc3ccccc3)c2c1=O. The Balaban J connectivity index is 0.000000155. The highest BCUT2D eigenvalue weighted by molar-refractivity contribution is 6.28. The summed E-state index contributed by atoms with van der Waals surface area (Å²) in [6.45, 7) is 0. The predicted octanol–water partition coefficient (Wildman–Crippen LogP) is 2.75. The van der Waals surface area contributed by atoms with Gasteiger partial charge in [0.1, 0.15) is 22.4 Å². The van der Waals surface area contributed by atoms with E-state index in [0.29, 0.717) is 28.1 Å². The second kappa shape index (κ2) is 10.1. The summed E-state index contributed by atoms with van der Waals surface area (Å²) in [7, 11) is 2.98. The molecule has 0 atom stereocenters. The van der Waals surface area contributed by atoms with Crippen LogP contribution in [0, 0.1) is 0 Å². The fourth-order valence-corrected chi connectivity index (χ4v) is 3.78. The number of H-pyrrole nitrogens is 3. The highest BCUT2D eigenvalue weighted by Gasteiger charge is 2.15. The molecule has 5 N–H and O–H groups in total. The van der Waals surface area contributed by atoms with Crippen LogP contribution in [0.15, 0.2) is 75.0 Å². The third kappa shape index (κ3) is 4.65.